The quantitative estimate of drug-likeness (QED) is 0.181. The Balaban J connectivity index is 0.000000150. The largest absolute Gasteiger partial charge is 0.404 e. The van der Waals surface area contributed by atoms with E-state index >= 15 is 0 Å². The van der Waals surface area contributed by atoms with Gasteiger partial charge in [-0.3, -0.25) is 0 Å². The average Bonchev–Trinajstić information content (AvgIpc) is 3.64. The predicted molar refractivity (Wildman–Crippen MR) is 218 cm³/mol. The van der Waals surface area contributed by atoms with Crippen LogP contribution in [0.4, 0.5) is 11.4 Å². The molecule has 0 radical (unpaired) electrons. The molecular weight excluding hydrogens is 621 g/mol. The number of nitrogens with zero attached hydrogens (tertiary/aromatic N) is 2. The van der Waals surface area contributed by atoms with Gasteiger partial charge in [-0.05, 0) is 93.2 Å². The van der Waals surface area contributed by atoms with Crippen molar-refractivity contribution in [2.75, 3.05) is 11.9 Å². The van der Waals surface area contributed by atoms with Gasteiger partial charge >= 0.3 is 0 Å². The summed E-state index contributed by atoms with van der Waals surface area (Å²) in [5.41, 5.74) is 18.9. The van der Waals surface area contributed by atoms with Gasteiger partial charge in [0.15, 0.2) is 0 Å². The summed E-state index contributed by atoms with van der Waals surface area (Å²) in [5, 5.41) is 12.5. The maximum absolute atomic E-state index is 7.66. The number of nitrogens with one attached hydrogen (secondary N) is 1. The maximum atomic E-state index is 7.66. The van der Waals surface area contributed by atoms with E-state index in [-0.39, 0.29) is 5.41 Å². The Morgan fingerprint density at radius 1 is 0.627 bits per heavy atom. The number of allylic oxidation sites excluding steroid dienone is 1. The summed E-state index contributed by atoms with van der Waals surface area (Å²) in [5.74, 6) is 0. The summed E-state index contributed by atoms with van der Waals surface area (Å²) in [7, 11) is 2.13. The highest BCUT2D eigenvalue weighted by atomic mass is 15.1. The minimum atomic E-state index is 0.0550. The molecule has 248 valence electrons. The van der Waals surface area contributed by atoms with Gasteiger partial charge in [0.05, 0.1) is 11.0 Å². The van der Waals surface area contributed by atoms with Crippen LogP contribution in [-0.4, -0.2) is 17.8 Å². The number of hydrogen-bond donors (Lipinski definition) is 2. The Hall–Kier alpha value is -6.39. The second-order valence-corrected chi connectivity index (χ2v) is 13.6. The molecule has 3 N–H and O–H groups in total. The molecule has 1 aromatic heterocycles. The van der Waals surface area contributed by atoms with Gasteiger partial charge in [0.1, 0.15) is 0 Å². The zero-order valence-corrected chi connectivity index (χ0v) is 29.1. The first kappa shape index (κ1) is 31.9. The second kappa shape index (κ2) is 12.8. The van der Waals surface area contributed by atoms with Crippen molar-refractivity contribution in [1.29, 1.82) is 5.41 Å². The van der Waals surface area contributed by atoms with E-state index < -0.39 is 0 Å². The maximum Gasteiger partial charge on any atom is 0.0547 e. The molecule has 1 aliphatic rings. The lowest BCUT2D eigenvalue weighted by atomic mass is 9.82. The number of anilines is 2. The first-order chi connectivity index (χ1) is 24.9. The van der Waals surface area contributed by atoms with Gasteiger partial charge in [0, 0.05) is 58.3 Å². The van der Waals surface area contributed by atoms with Crippen LogP contribution in [0.15, 0.2) is 164 Å². The van der Waals surface area contributed by atoms with Crippen LogP contribution in [0.5, 0.6) is 0 Å². The summed E-state index contributed by atoms with van der Waals surface area (Å²) in [4.78, 5) is 2.25. The predicted octanol–water partition coefficient (Wildman–Crippen LogP) is 11.6. The molecule has 4 nitrogen and oxygen atoms in total. The number of rotatable bonds is 5. The van der Waals surface area contributed by atoms with Crippen molar-refractivity contribution in [3.8, 4) is 16.8 Å². The fraction of sp³-hybridized carbons (Fsp3) is 0.0851. The Labute approximate surface area is 299 Å². The third-order valence-corrected chi connectivity index (χ3v) is 10.4. The number of para-hydroxylation sites is 2. The molecule has 0 bridgehead atoms. The SMILES string of the molecule is CN(c1ccccc1)c1ccc2c(c1)C(C)(C)c1ccccc1-2.N=C/C(=C\N)c1ccc2c(c1)c1c3ccccc3ccc1n2-c1ccccc1. The van der Waals surface area contributed by atoms with Crippen molar-refractivity contribution in [3.05, 3.63) is 181 Å². The molecule has 0 fully saturated rings. The second-order valence-electron chi connectivity index (χ2n) is 13.6. The molecular formula is C47H40N4. The summed E-state index contributed by atoms with van der Waals surface area (Å²) in [6.45, 7) is 4.65. The molecule has 0 saturated carbocycles. The molecule has 0 atom stereocenters. The first-order valence-electron chi connectivity index (χ1n) is 17.4. The highest BCUT2D eigenvalue weighted by Gasteiger charge is 2.35. The Kier molecular flexibility index (Phi) is 8.00. The van der Waals surface area contributed by atoms with Gasteiger partial charge in [-0.15, -0.1) is 0 Å². The van der Waals surface area contributed by atoms with Crippen LogP contribution in [0, 0.1) is 5.41 Å². The highest BCUT2D eigenvalue weighted by Crippen LogP contribution is 2.49. The van der Waals surface area contributed by atoms with Gasteiger partial charge < -0.3 is 20.6 Å². The molecule has 51 heavy (non-hydrogen) atoms. The summed E-state index contributed by atoms with van der Waals surface area (Å²) in [6.07, 6.45) is 2.79. The van der Waals surface area contributed by atoms with E-state index in [4.69, 9.17) is 11.1 Å². The monoisotopic (exact) mass is 660 g/mol. The van der Waals surface area contributed by atoms with Gasteiger partial charge in [-0.2, -0.15) is 0 Å². The Morgan fingerprint density at radius 2 is 1.29 bits per heavy atom. The molecule has 1 aliphatic carbocycles. The van der Waals surface area contributed by atoms with E-state index in [2.05, 4.69) is 176 Å². The van der Waals surface area contributed by atoms with Crippen molar-refractivity contribution < 1.29 is 0 Å². The van der Waals surface area contributed by atoms with E-state index in [1.165, 1.54) is 67.7 Å². The third-order valence-electron chi connectivity index (χ3n) is 10.4. The van der Waals surface area contributed by atoms with Crippen molar-refractivity contribution in [1.82, 2.24) is 4.57 Å². The van der Waals surface area contributed by atoms with Crippen LogP contribution in [0.1, 0.15) is 30.5 Å². The molecule has 9 rings (SSSR count). The van der Waals surface area contributed by atoms with Crippen molar-refractivity contribution in [3.63, 3.8) is 0 Å². The lowest BCUT2D eigenvalue weighted by Crippen LogP contribution is -2.16. The molecule has 0 saturated heterocycles. The molecule has 1 heterocycles. The molecule has 8 aromatic rings. The molecule has 0 amide bonds. The van der Waals surface area contributed by atoms with Gasteiger partial charge in [0.2, 0.25) is 0 Å². The molecule has 0 aliphatic heterocycles. The van der Waals surface area contributed by atoms with Crippen LogP contribution >= 0.6 is 0 Å². The van der Waals surface area contributed by atoms with Crippen LogP contribution < -0.4 is 10.6 Å². The van der Waals surface area contributed by atoms with Crippen molar-refractivity contribution in [2.24, 2.45) is 5.73 Å². The average molecular weight is 661 g/mol. The van der Waals surface area contributed by atoms with Gasteiger partial charge in [0.25, 0.3) is 0 Å². The van der Waals surface area contributed by atoms with Gasteiger partial charge in [-0.25, -0.2) is 0 Å². The van der Waals surface area contributed by atoms with E-state index in [9.17, 15) is 0 Å². The Morgan fingerprint density at radius 3 is 2.06 bits per heavy atom. The summed E-state index contributed by atoms with van der Waals surface area (Å²) in [6, 6.07) is 55.7. The summed E-state index contributed by atoms with van der Waals surface area (Å²) >= 11 is 0. The van der Waals surface area contributed by atoms with Crippen molar-refractivity contribution in [2.45, 2.75) is 19.3 Å². The fourth-order valence-corrected chi connectivity index (χ4v) is 7.75. The lowest BCUT2D eigenvalue weighted by molar-refractivity contribution is 0.660. The summed E-state index contributed by atoms with van der Waals surface area (Å²) < 4.78 is 2.30. The van der Waals surface area contributed by atoms with Gasteiger partial charge in [-0.1, -0.05) is 117 Å². The minimum Gasteiger partial charge on any atom is -0.404 e. The van der Waals surface area contributed by atoms with Crippen LogP contribution in [0.2, 0.25) is 0 Å². The highest BCUT2D eigenvalue weighted by molar-refractivity contribution is 6.22. The third kappa shape index (κ3) is 5.37. The number of nitrogens with two attached hydrogens (primary N) is 1. The van der Waals surface area contributed by atoms with E-state index in [0.29, 0.717) is 5.57 Å². The topological polar surface area (TPSA) is 58.0 Å². The number of aromatic nitrogens is 1. The Bertz CT molecular complexity index is 2590. The van der Waals surface area contributed by atoms with Crippen LogP contribution in [0.3, 0.4) is 0 Å². The fourth-order valence-electron chi connectivity index (χ4n) is 7.75. The van der Waals surface area contributed by atoms with E-state index in [1.807, 2.05) is 12.1 Å². The molecule has 0 spiro atoms. The molecule has 4 heteroatoms. The molecule has 0 unspecified atom stereocenters. The normalized spacial score (nSPS) is 13.0. The van der Waals surface area contributed by atoms with Crippen LogP contribution in [-0.2, 0) is 5.41 Å². The minimum absolute atomic E-state index is 0.0550. The first-order valence-corrected chi connectivity index (χ1v) is 17.4. The number of hydrogen-bond acceptors (Lipinski definition) is 3. The molecule has 7 aromatic carbocycles. The number of benzene rings is 7. The number of fused-ring (bicyclic) bond motifs is 8. The standard InChI is InChI=1S/C25H19N3.C22H21N/c26-15-19(16-27)18-11-12-23-22(14-18)25-21-9-5-4-6-17(21)10-13-24(25)28(23)20-7-2-1-3-8-20;1-22(2)20-12-8-7-11-18(20)19-14-13-17(15-21(19)22)23(3)16-9-5-4-6-10-16/h1-16,26H,27H2;4-15H,1-3H3/b19-16+,26-15?;. The zero-order valence-electron chi connectivity index (χ0n) is 29.1. The zero-order chi connectivity index (χ0) is 35.1. The lowest BCUT2D eigenvalue weighted by Gasteiger charge is -2.25. The smallest absolute Gasteiger partial charge is 0.0547 e. The van der Waals surface area contributed by atoms with Crippen LogP contribution in [0.25, 0.3) is 55.0 Å². The van der Waals surface area contributed by atoms with Crippen molar-refractivity contribution >= 4 is 55.7 Å². The van der Waals surface area contributed by atoms with E-state index in [1.54, 1.807) is 0 Å². The van der Waals surface area contributed by atoms with E-state index in [0.717, 1.165) is 22.2 Å².